The lowest BCUT2D eigenvalue weighted by Crippen LogP contribution is -2.35. The summed E-state index contributed by atoms with van der Waals surface area (Å²) < 4.78 is 30.7. The number of furan rings is 1. The van der Waals surface area contributed by atoms with Crippen molar-refractivity contribution in [3.63, 3.8) is 0 Å². The molecule has 0 atom stereocenters. The molecule has 2 aromatic carbocycles. The number of nitrogens with zero attached hydrogens (tertiary/aromatic N) is 4. The Balaban J connectivity index is 1.18. The largest absolute Gasteiger partial charge is 0.496 e. The fraction of sp³-hybridized carbons (Fsp3) is 0.300. The van der Waals surface area contributed by atoms with E-state index in [1.165, 1.54) is 22.5 Å². The van der Waals surface area contributed by atoms with E-state index >= 15 is 0 Å². The van der Waals surface area contributed by atoms with E-state index in [0.29, 0.717) is 40.3 Å². The molecule has 11 heteroatoms. The van der Waals surface area contributed by atoms with Gasteiger partial charge in [0.25, 0.3) is 5.19 Å². The first-order valence-corrected chi connectivity index (χ1v) is 15.0. The molecule has 0 amide bonds. The monoisotopic (exact) mass is 588 g/mol. The van der Waals surface area contributed by atoms with E-state index in [1.54, 1.807) is 30.1 Å². The molecule has 210 valence electrons. The predicted octanol–water partition coefficient (Wildman–Crippen LogP) is 6.66. The summed E-state index contributed by atoms with van der Waals surface area (Å²) in [6.45, 7) is 3.95. The zero-order valence-corrected chi connectivity index (χ0v) is 24.5. The summed E-state index contributed by atoms with van der Waals surface area (Å²) >= 11 is 3.06. The molecule has 0 aliphatic carbocycles. The number of aryl methyl sites for hydroxylation is 1. The maximum atomic E-state index is 6.36. The van der Waals surface area contributed by atoms with Crippen molar-refractivity contribution in [1.82, 2.24) is 19.6 Å². The standard InChI is InChI=1S/C30H28N4O5S2/c1-18-6-4-5-7-22(18)30(8-10-37-11-9-30)27-31-19(17-40-27)16-38-24-12-20(35-2)13-25-21(24)14-26(39-25)23-15-34-28(32-23)41-29(33-34)36-3/h4-7,12-15,17H,8-11,16H2,1-3H3. The molecule has 1 aliphatic heterocycles. The van der Waals surface area contributed by atoms with Crippen molar-refractivity contribution >= 4 is 38.6 Å². The molecule has 0 bridgehead atoms. The van der Waals surface area contributed by atoms with Gasteiger partial charge in [0.1, 0.15) is 34.4 Å². The Bertz CT molecular complexity index is 1810. The number of hydrogen-bond acceptors (Lipinski definition) is 10. The molecular formula is C30H28N4O5S2. The molecular weight excluding hydrogens is 560 g/mol. The minimum absolute atomic E-state index is 0.146. The average molecular weight is 589 g/mol. The summed E-state index contributed by atoms with van der Waals surface area (Å²) in [5, 5.41) is 8.95. The van der Waals surface area contributed by atoms with Gasteiger partial charge in [-0.3, -0.25) is 0 Å². The second kappa shape index (κ2) is 10.5. The SMILES string of the molecule is COc1cc(OCc2csc(C3(c4ccccc4C)CCOCC3)n2)c2cc(-c3cn4nc(OC)sc4n3)oc2c1. The van der Waals surface area contributed by atoms with E-state index in [1.807, 2.05) is 24.4 Å². The smallest absolute Gasteiger partial charge is 0.294 e. The number of benzene rings is 2. The summed E-state index contributed by atoms with van der Waals surface area (Å²) in [4.78, 5) is 10.5. The normalized spacial score (nSPS) is 15.0. The van der Waals surface area contributed by atoms with Gasteiger partial charge in [-0.25, -0.2) is 14.5 Å². The van der Waals surface area contributed by atoms with Gasteiger partial charge >= 0.3 is 0 Å². The first kappa shape index (κ1) is 26.0. The number of thiazole rings is 1. The molecule has 41 heavy (non-hydrogen) atoms. The molecule has 0 saturated carbocycles. The minimum atomic E-state index is -0.146. The van der Waals surface area contributed by atoms with Gasteiger partial charge in [-0.2, -0.15) is 0 Å². The van der Waals surface area contributed by atoms with Crippen molar-refractivity contribution < 1.29 is 23.4 Å². The highest BCUT2D eigenvalue weighted by Crippen LogP contribution is 2.44. The van der Waals surface area contributed by atoms with Gasteiger partial charge in [0.2, 0.25) is 4.96 Å². The van der Waals surface area contributed by atoms with Crippen LogP contribution in [0, 0.1) is 6.92 Å². The number of aromatic nitrogens is 4. The Morgan fingerprint density at radius 2 is 1.90 bits per heavy atom. The van der Waals surface area contributed by atoms with Crippen LogP contribution in [0.5, 0.6) is 16.7 Å². The maximum absolute atomic E-state index is 6.36. The lowest BCUT2D eigenvalue weighted by Gasteiger charge is -2.37. The molecule has 0 unspecified atom stereocenters. The van der Waals surface area contributed by atoms with Crippen LogP contribution in [0.4, 0.5) is 0 Å². The Morgan fingerprint density at radius 1 is 1.05 bits per heavy atom. The Hall–Kier alpha value is -3.93. The molecule has 0 radical (unpaired) electrons. The van der Waals surface area contributed by atoms with Crippen LogP contribution in [-0.2, 0) is 16.8 Å². The van der Waals surface area contributed by atoms with E-state index in [-0.39, 0.29) is 5.41 Å². The molecule has 4 aromatic heterocycles. The number of hydrogen-bond donors (Lipinski definition) is 0. The van der Waals surface area contributed by atoms with E-state index in [4.69, 9.17) is 28.3 Å². The van der Waals surface area contributed by atoms with E-state index in [2.05, 4.69) is 46.7 Å². The number of imidazole rings is 1. The third-order valence-corrected chi connectivity index (χ3v) is 9.58. The van der Waals surface area contributed by atoms with Gasteiger partial charge in [0.15, 0.2) is 5.76 Å². The van der Waals surface area contributed by atoms with Crippen LogP contribution in [-0.4, -0.2) is 47.0 Å². The van der Waals surface area contributed by atoms with Crippen molar-refractivity contribution in [1.29, 1.82) is 0 Å². The van der Waals surface area contributed by atoms with Crippen LogP contribution in [0.3, 0.4) is 0 Å². The van der Waals surface area contributed by atoms with Crippen LogP contribution >= 0.6 is 22.7 Å². The van der Waals surface area contributed by atoms with E-state index in [0.717, 1.165) is 47.1 Å². The van der Waals surface area contributed by atoms with Gasteiger partial charge < -0.3 is 23.4 Å². The molecule has 1 fully saturated rings. The van der Waals surface area contributed by atoms with Gasteiger partial charge in [-0.05, 0) is 48.3 Å². The summed E-state index contributed by atoms with van der Waals surface area (Å²) in [5.74, 6) is 1.92. The number of rotatable bonds is 8. The minimum Gasteiger partial charge on any atom is -0.496 e. The molecule has 0 N–H and O–H groups in total. The number of ether oxygens (including phenoxy) is 4. The average Bonchev–Trinajstić information content (AvgIpc) is 3.79. The van der Waals surface area contributed by atoms with Crippen molar-refractivity contribution in [3.8, 4) is 28.1 Å². The van der Waals surface area contributed by atoms with Crippen LogP contribution in [0.1, 0.15) is 34.7 Å². The highest BCUT2D eigenvalue weighted by Gasteiger charge is 2.40. The van der Waals surface area contributed by atoms with E-state index in [9.17, 15) is 0 Å². The lowest BCUT2D eigenvalue weighted by atomic mass is 9.73. The molecule has 6 aromatic rings. The van der Waals surface area contributed by atoms with Crippen molar-refractivity contribution in [2.75, 3.05) is 27.4 Å². The summed E-state index contributed by atoms with van der Waals surface area (Å²) in [6, 6.07) is 14.3. The fourth-order valence-electron chi connectivity index (χ4n) is 5.50. The van der Waals surface area contributed by atoms with Crippen molar-refractivity contribution in [2.45, 2.75) is 31.8 Å². The van der Waals surface area contributed by atoms with Crippen LogP contribution in [0.15, 0.2) is 58.5 Å². The Kier molecular flexibility index (Phi) is 6.64. The second-order valence-electron chi connectivity index (χ2n) is 10.0. The molecule has 7 rings (SSSR count). The van der Waals surface area contributed by atoms with Gasteiger partial charge in [0, 0.05) is 30.7 Å². The molecule has 0 spiro atoms. The van der Waals surface area contributed by atoms with Gasteiger partial charge in [-0.15, -0.1) is 16.4 Å². The quantitative estimate of drug-likeness (QED) is 0.195. The molecule has 9 nitrogen and oxygen atoms in total. The summed E-state index contributed by atoms with van der Waals surface area (Å²) in [6.07, 6.45) is 3.64. The van der Waals surface area contributed by atoms with Crippen LogP contribution < -0.4 is 14.2 Å². The van der Waals surface area contributed by atoms with E-state index < -0.39 is 0 Å². The number of methoxy groups -OCH3 is 2. The second-order valence-corrected chi connectivity index (χ2v) is 11.8. The Labute approximate surface area is 244 Å². The molecule has 5 heterocycles. The highest BCUT2D eigenvalue weighted by molar-refractivity contribution is 7.18. The van der Waals surface area contributed by atoms with Crippen molar-refractivity contribution in [3.05, 3.63) is 75.9 Å². The molecule has 1 saturated heterocycles. The maximum Gasteiger partial charge on any atom is 0.294 e. The van der Waals surface area contributed by atoms with Crippen LogP contribution in [0.2, 0.25) is 0 Å². The fourth-order valence-corrected chi connectivity index (χ4v) is 7.28. The third-order valence-electron chi connectivity index (χ3n) is 7.60. The Morgan fingerprint density at radius 3 is 2.68 bits per heavy atom. The first-order valence-electron chi connectivity index (χ1n) is 13.3. The molecule has 1 aliphatic rings. The zero-order valence-electron chi connectivity index (χ0n) is 22.9. The van der Waals surface area contributed by atoms with Crippen molar-refractivity contribution in [2.24, 2.45) is 0 Å². The number of fused-ring (bicyclic) bond motifs is 2. The highest BCUT2D eigenvalue weighted by atomic mass is 32.1. The predicted molar refractivity (Wildman–Crippen MR) is 158 cm³/mol. The first-order chi connectivity index (χ1) is 20.1. The van der Waals surface area contributed by atoms with Crippen LogP contribution in [0.25, 0.3) is 27.4 Å². The third kappa shape index (κ3) is 4.63. The van der Waals surface area contributed by atoms with Gasteiger partial charge in [0.05, 0.1) is 36.9 Å². The zero-order chi connectivity index (χ0) is 28.0. The summed E-state index contributed by atoms with van der Waals surface area (Å²) in [5.41, 5.74) is 4.68. The summed E-state index contributed by atoms with van der Waals surface area (Å²) in [7, 11) is 3.22. The van der Waals surface area contributed by atoms with Gasteiger partial charge in [-0.1, -0.05) is 24.3 Å². The lowest BCUT2D eigenvalue weighted by molar-refractivity contribution is 0.0627. The topological polar surface area (TPSA) is 93.1 Å².